The van der Waals surface area contributed by atoms with E-state index in [1.165, 1.54) is 6.07 Å². The molecule has 0 radical (unpaired) electrons. The summed E-state index contributed by atoms with van der Waals surface area (Å²) in [5.74, 6) is -1.03. The maximum Gasteiger partial charge on any atom is 0.142 e. The lowest BCUT2D eigenvalue weighted by atomic mass is 9.64. The zero-order valence-corrected chi connectivity index (χ0v) is 8.95. The highest BCUT2D eigenvalue weighted by Crippen LogP contribution is 2.44. The van der Waals surface area contributed by atoms with Crippen LogP contribution >= 0.6 is 11.6 Å². The van der Waals surface area contributed by atoms with Gasteiger partial charge < -0.3 is 5.73 Å². The van der Waals surface area contributed by atoms with Crippen molar-refractivity contribution in [3.05, 3.63) is 34.4 Å². The fourth-order valence-electron chi connectivity index (χ4n) is 2.12. The van der Waals surface area contributed by atoms with Crippen LogP contribution in [0.2, 0.25) is 5.02 Å². The first kappa shape index (κ1) is 10.8. The van der Waals surface area contributed by atoms with Crippen molar-refractivity contribution in [3.8, 4) is 0 Å². The molecule has 0 unspecified atom stereocenters. The van der Waals surface area contributed by atoms with Crippen LogP contribution in [-0.2, 0) is 5.41 Å². The molecule has 0 amide bonds. The molecule has 1 aromatic rings. The van der Waals surface area contributed by atoms with Gasteiger partial charge in [-0.05, 0) is 30.5 Å². The lowest BCUT2D eigenvalue weighted by molar-refractivity contribution is 0.244. The lowest BCUT2D eigenvalue weighted by Gasteiger charge is -2.41. The summed E-state index contributed by atoms with van der Waals surface area (Å²) < 4.78 is 26.9. The van der Waals surface area contributed by atoms with Crippen LogP contribution in [0, 0.1) is 11.6 Å². The fraction of sp³-hybridized carbons (Fsp3) is 0.455. The summed E-state index contributed by atoms with van der Waals surface area (Å²) in [6.45, 7) is 0.352. The summed E-state index contributed by atoms with van der Waals surface area (Å²) in [5.41, 5.74) is 5.64. The van der Waals surface area contributed by atoms with Crippen LogP contribution in [0.1, 0.15) is 24.8 Å². The molecule has 0 saturated heterocycles. The van der Waals surface area contributed by atoms with Crippen LogP contribution in [0.3, 0.4) is 0 Å². The normalized spacial score (nSPS) is 18.7. The highest BCUT2D eigenvalue weighted by molar-refractivity contribution is 6.30. The molecule has 1 saturated carbocycles. The SMILES string of the molecule is NCC1(c2cc(F)c(Cl)cc2F)CCC1. The van der Waals surface area contributed by atoms with Crippen molar-refractivity contribution in [1.82, 2.24) is 0 Å². The van der Waals surface area contributed by atoms with Gasteiger partial charge >= 0.3 is 0 Å². The Kier molecular flexibility index (Phi) is 2.69. The Bertz CT molecular complexity index is 383. The minimum Gasteiger partial charge on any atom is -0.330 e. The van der Waals surface area contributed by atoms with E-state index in [1.54, 1.807) is 0 Å². The molecule has 1 nitrogen and oxygen atoms in total. The average Bonchev–Trinajstić information content (AvgIpc) is 2.12. The van der Waals surface area contributed by atoms with Crippen LogP contribution in [-0.4, -0.2) is 6.54 Å². The lowest BCUT2D eigenvalue weighted by Crippen LogP contribution is -2.42. The molecule has 1 aromatic carbocycles. The predicted octanol–water partition coefficient (Wildman–Crippen LogP) is 3.00. The van der Waals surface area contributed by atoms with E-state index in [0.717, 1.165) is 25.3 Å². The molecule has 0 aromatic heterocycles. The molecule has 0 atom stereocenters. The Balaban J connectivity index is 2.47. The monoisotopic (exact) mass is 231 g/mol. The van der Waals surface area contributed by atoms with Gasteiger partial charge in [-0.15, -0.1) is 0 Å². The summed E-state index contributed by atoms with van der Waals surface area (Å²) in [4.78, 5) is 0. The van der Waals surface area contributed by atoms with Crippen LogP contribution in [0.5, 0.6) is 0 Å². The minimum atomic E-state index is -0.576. The van der Waals surface area contributed by atoms with Gasteiger partial charge in [-0.2, -0.15) is 0 Å². The summed E-state index contributed by atoms with van der Waals surface area (Å²) >= 11 is 5.49. The van der Waals surface area contributed by atoms with Crippen LogP contribution < -0.4 is 5.73 Å². The summed E-state index contributed by atoms with van der Waals surface area (Å²) in [7, 11) is 0. The number of nitrogens with two attached hydrogens (primary N) is 1. The van der Waals surface area contributed by atoms with E-state index in [2.05, 4.69) is 0 Å². The van der Waals surface area contributed by atoms with Crippen molar-refractivity contribution >= 4 is 11.6 Å². The van der Waals surface area contributed by atoms with Gasteiger partial charge in [0.15, 0.2) is 0 Å². The molecular formula is C11H12ClF2N. The highest BCUT2D eigenvalue weighted by atomic mass is 35.5. The summed E-state index contributed by atoms with van der Waals surface area (Å²) in [5, 5.41) is -0.178. The Morgan fingerprint density at radius 3 is 2.40 bits per heavy atom. The third kappa shape index (κ3) is 1.64. The quantitative estimate of drug-likeness (QED) is 0.778. The first-order chi connectivity index (χ1) is 7.09. The number of halogens is 3. The van der Waals surface area contributed by atoms with E-state index >= 15 is 0 Å². The third-order valence-corrected chi connectivity index (χ3v) is 3.57. The summed E-state index contributed by atoms with van der Waals surface area (Å²) in [6.07, 6.45) is 2.66. The fourth-order valence-corrected chi connectivity index (χ4v) is 2.27. The molecule has 82 valence electrons. The Labute approximate surface area is 92.2 Å². The molecule has 0 aliphatic heterocycles. The average molecular weight is 232 g/mol. The molecule has 1 fully saturated rings. The number of hydrogen-bond donors (Lipinski definition) is 1. The van der Waals surface area contributed by atoms with Gasteiger partial charge in [-0.3, -0.25) is 0 Å². The summed E-state index contributed by atoms with van der Waals surface area (Å²) in [6, 6.07) is 2.21. The van der Waals surface area contributed by atoms with Gasteiger partial charge in [0.2, 0.25) is 0 Å². The van der Waals surface area contributed by atoms with Gasteiger partial charge in [0.05, 0.1) is 5.02 Å². The van der Waals surface area contributed by atoms with E-state index in [9.17, 15) is 8.78 Å². The Hall–Kier alpha value is -0.670. The zero-order chi connectivity index (χ0) is 11.1. The Morgan fingerprint density at radius 2 is 1.93 bits per heavy atom. The standard InChI is InChI=1S/C11H12ClF2N/c12-8-5-9(13)7(4-10(8)14)11(6-15)2-1-3-11/h4-5H,1-3,6,15H2. The van der Waals surface area contributed by atoms with Crippen LogP contribution in [0.15, 0.2) is 12.1 Å². The molecule has 0 heterocycles. The first-order valence-electron chi connectivity index (χ1n) is 4.94. The molecule has 0 bridgehead atoms. The van der Waals surface area contributed by atoms with Crippen LogP contribution in [0.4, 0.5) is 8.78 Å². The second-order valence-corrected chi connectivity index (χ2v) is 4.49. The van der Waals surface area contributed by atoms with E-state index in [4.69, 9.17) is 17.3 Å². The van der Waals surface area contributed by atoms with Gasteiger partial charge in [-0.25, -0.2) is 8.78 Å². The maximum absolute atomic E-state index is 13.6. The molecule has 15 heavy (non-hydrogen) atoms. The van der Waals surface area contributed by atoms with Crippen molar-refractivity contribution in [2.24, 2.45) is 5.73 Å². The smallest absolute Gasteiger partial charge is 0.142 e. The van der Waals surface area contributed by atoms with Gasteiger partial charge in [0.25, 0.3) is 0 Å². The molecule has 2 rings (SSSR count). The maximum atomic E-state index is 13.6. The first-order valence-corrected chi connectivity index (χ1v) is 5.32. The van der Waals surface area contributed by atoms with Crippen molar-refractivity contribution in [2.45, 2.75) is 24.7 Å². The molecule has 2 N–H and O–H groups in total. The molecule has 1 aliphatic carbocycles. The number of hydrogen-bond acceptors (Lipinski definition) is 1. The third-order valence-electron chi connectivity index (χ3n) is 3.28. The van der Waals surface area contributed by atoms with Gasteiger partial charge in [-0.1, -0.05) is 18.0 Å². The van der Waals surface area contributed by atoms with Crippen molar-refractivity contribution in [2.75, 3.05) is 6.54 Å². The molecular weight excluding hydrogens is 220 g/mol. The van der Waals surface area contributed by atoms with E-state index in [-0.39, 0.29) is 10.4 Å². The second kappa shape index (κ2) is 3.72. The zero-order valence-electron chi connectivity index (χ0n) is 8.19. The topological polar surface area (TPSA) is 26.0 Å². The van der Waals surface area contributed by atoms with E-state index < -0.39 is 11.6 Å². The van der Waals surface area contributed by atoms with Gasteiger partial charge in [0, 0.05) is 12.0 Å². The van der Waals surface area contributed by atoms with Gasteiger partial charge in [0.1, 0.15) is 11.6 Å². The number of rotatable bonds is 2. The largest absolute Gasteiger partial charge is 0.330 e. The molecule has 4 heteroatoms. The van der Waals surface area contributed by atoms with Crippen LogP contribution in [0.25, 0.3) is 0 Å². The molecule has 1 aliphatic rings. The predicted molar refractivity (Wildman–Crippen MR) is 56.0 cm³/mol. The minimum absolute atomic E-state index is 0.178. The van der Waals surface area contributed by atoms with Crippen molar-refractivity contribution in [3.63, 3.8) is 0 Å². The van der Waals surface area contributed by atoms with Crippen molar-refractivity contribution in [1.29, 1.82) is 0 Å². The van der Waals surface area contributed by atoms with E-state index in [1.807, 2.05) is 0 Å². The van der Waals surface area contributed by atoms with Crippen molar-refractivity contribution < 1.29 is 8.78 Å². The highest BCUT2D eigenvalue weighted by Gasteiger charge is 2.39. The number of benzene rings is 1. The van der Waals surface area contributed by atoms with E-state index in [0.29, 0.717) is 12.1 Å². The molecule has 0 spiro atoms. The second-order valence-electron chi connectivity index (χ2n) is 4.08. The Morgan fingerprint density at radius 1 is 1.27 bits per heavy atom.